The van der Waals surface area contributed by atoms with Crippen molar-refractivity contribution in [3.63, 3.8) is 0 Å². The summed E-state index contributed by atoms with van der Waals surface area (Å²) in [4.78, 5) is 4.28. The summed E-state index contributed by atoms with van der Waals surface area (Å²) >= 11 is 0. The number of hydrogen-bond donors (Lipinski definition) is 1. The maximum absolute atomic E-state index is 5.92. The maximum Gasteiger partial charge on any atom is 0.162 e. The van der Waals surface area contributed by atoms with Crippen molar-refractivity contribution in [3.05, 3.63) is 53.9 Å². The largest absolute Gasteiger partial charge is 0.493 e. The van der Waals surface area contributed by atoms with E-state index in [1.165, 1.54) is 0 Å². The van der Waals surface area contributed by atoms with Gasteiger partial charge in [0.2, 0.25) is 0 Å². The molecule has 0 aliphatic heterocycles. The zero-order chi connectivity index (χ0) is 13.7. The van der Waals surface area contributed by atoms with E-state index in [4.69, 9.17) is 15.2 Å². The molecule has 0 bridgehead atoms. The number of hydrogen-bond acceptors (Lipinski definition) is 4. The Labute approximate surface area is 113 Å². The van der Waals surface area contributed by atoms with Crippen LogP contribution in [0.2, 0.25) is 0 Å². The van der Waals surface area contributed by atoms with Crippen molar-refractivity contribution in [2.75, 3.05) is 7.11 Å². The van der Waals surface area contributed by atoms with Crippen molar-refractivity contribution in [2.45, 2.75) is 19.6 Å². The van der Waals surface area contributed by atoms with Gasteiger partial charge in [-0.3, -0.25) is 4.98 Å². The Bertz CT molecular complexity index is 529. The highest BCUT2D eigenvalue weighted by molar-refractivity contribution is 5.43. The first kappa shape index (κ1) is 13.4. The highest BCUT2D eigenvalue weighted by Gasteiger charge is 2.12. The van der Waals surface area contributed by atoms with Crippen LogP contribution in [0, 0.1) is 0 Å². The van der Waals surface area contributed by atoms with E-state index in [0.29, 0.717) is 18.0 Å². The van der Waals surface area contributed by atoms with Crippen LogP contribution < -0.4 is 15.2 Å². The molecule has 0 aliphatic rings. The van der Waals surface area contributed by atoms with Crippen LogP contribution in [-0.4, -0.2) is 12.1 Å². The minimum atomic E-state index is -0.150. The van der Waals surface area contributed by atoms with Crippen molar-refractivity contribution in [1.29, 1.82) is 0 Å². The predicted molar refractivity (Wildman–Crippen MR) is 74.2 cm³/mol. The van der Waals surface area contributed by atoms with Gasteiger partial charge in [-0.25, -0.2) is 0 Å². The highest BCUT2D eigenvalue weighted by Crippen LogP contribution is 2.31. The van der Waals surface area contributed by atoms with Crippen LogP contribution in [0.5, 0.6) is 11.5 Å². The van der Waals surface area contributed by atoms with Gasteiger partial charge in [-0.05, 0) is 36.8 Å². The smallest absolute Gasteiger partial charge is 0.162 e. The summed E-state index contributed by atoms with van der Waals surface area (Å²) in [6.45, 7) is 2.43. The number of rotatable bonds is 5. The second-order valence-electron chi connectivity index (χ2n) is 4.20. The lowest BCUT2D eigenvalue weighted by Gasteiger charge is -2.17. The molecule has 1 heterocycles. The second kappa shape index (κ2) is 6.20. The third-order valence-corrected chi connectivity index (χ3v) is 2.87. The number of nitrogens with two attached hydrogens (primary N) is 1. The van der Waals surface area contributed by atoms with Gasteiger partial charge >= 0.3 is 0 Å². The highest BCUT2D eigenvalue weighted by atomic mass is 16.5. The van der Waals surface area contributed by atoms with Crippen molar-refractivity contribution in [3.8, 4) is 11.5 Å². The maximum atomic E-state index is 5.92. The Morgan fingerprint density at radius 2 is 2.05 bits per heavy atom. The molecule has 100 valence electrons. The molecule has 2 N–H and O–H groups in total. The summed E-state index contributed by atoms with van der Waals surface area (Å²) < 4.78 is 11.2. The van der Waals surface area contributed by atoms with E-state index in [9.17, 15) is 0 Å². The van der Waals surface area contributed by atoms with Crippen molar-refractivity contribution < 1.29 is 9.47 Å². The monoisotopic (exact) mass is 258 g/mol. The standard InChI is InChI=1S/C15H18N2O2/c1-11(13-5-3-4-8-17-13)19-15-9-12(10-16)6-7-14(15)18-2/h3-9,11H,10,16H2,1-2H3. The first-order valence-electron chi connectivity index (χ1n) is 6.19. The molecule has 0 saturated heterocycles. The van der Waals surface area contributed by atoms with Gasteiger partial charge in [0, 0.05) is 12.7 Å². The zero-order valence-electron chi connectivity index (χ0n) is 11.2. The number of benzene rings is 1. The fourth-order valence-corrected chi connectivity index (χ4v) is 1.81. The molecule has 0 amide bonds. The second-order valence-corrected chi connectivity index (χ2v) is 4.20. The van der Waals surface area contributed by atoms with Gasteiger partial charge in [0.1, 0.15) is 6.10 Å². The van der Waals surface area contributed by atoms with Gasteiger partial charge in [0.25, 0.3) is 0 Å². The molecular weight excluding hydrogens is 240 g/mol. The topological polar surface area (TPSA) is 57.4 Å². The lowest BCUT2D eigenvalue weighted by Crippen LogP contribution is -2.06. The quantitative estimate of drug-likeness (QED) is 0.895. The van der Waals surface area contributed by atoms with E-state index in [-0.39, 0.29) is 6.10 Å². The van der Waals surface area contributed by atoms with Crippen LogP contribution >= 0.6 is 0 Å². The van der Waals surface area contributed by atoms with Crippen LogP contribution in [0.3, 0.4) is 0 Å². The van der Waals surface area contributed by atoms with Crippen LogP contribution in [-0.2, 0) is 6.54 Å². The van der Waals surface area contributed by atoms with E-state index in [2.05, 4.69) is 4.98 Å². The normalized spacial score (nSPS) is 11.9. The van der Waals surface area contributed by atoms with Crippen molar-refractivity contribution in [1.82, 2.24) is 4.98 Å². The first-order valence-corrected chi connectivity index (χ1v) is 6.19. The van der Waals surface area contributed by atoms with E-state index < -0.39 is 0 Å². The molecule has 1 atom stereocenters. The van der Waals surface area contributed by atoms with Gasteiger partial charge < -0.3 is 15.2 Å². The zero-order valence-corrected chi connectivity index (χ0v) is 11.2. The summed E-state index contributed by atoms with van der Waals surface area (Å²) in [7, 11) is 1.62. The number of methoxy groups -OCH3 is 1. The summed E-state index contributed by atoms with van der Waals surface area (Å²) in [5, 5.41) is 0. The lowest BCUT2D eigenvalue weighted by atomic mass is 10.2. The van der Waals surface area contributed by atoms with Crippen LogP contribution in [0.1, 0.15) is 24.3 Å². The average Bonchev–Trinajstić information content (AvgIpc) is 2.48. The number of pyridine rings is 1. The molecular formula is C15H18N2O2. The molecule has 19 heavy (non-hydrogen) atoms. The predicted octanol–water partition coefficient (Wildman–Crippen LogP) is 2.69. The molecule has 0 fully saturated rings. The van der Waals surface area contributed by atoms with Crippen molar-refractivity contribution >= 4 is 0 Å². The molecule has 2 rings (SSSR count). The first-order chi connectivity index (χ1) is 9.24. The minimum Gasteiger partial charge on any atom is -0.493 e. The van der Waals surface area contributed by atoms with Crippen LogP contribution in [0.4, 0.5) is 0 Å². The van der Waals surface area contributed by atoms with E-state index >= 15 is 0 Å². The minimum absolute atomic E-state index is 0.150. The van der Waals surface area contributed by atoms with Gasteiger partial charge in [-0.2, -0.15) is 0 Å². The molecule has 1 unspecified atom stereocenters. The van der Waals surface area contributed by atoms with Gasteiger partial charge in [-0.1, -0.05) is 12.1 Å². The van der Waals surface area contributed by atoms with Crippen LogP contribution in [0.25, 0.3) is 0 Å². The Kier molecular flexibility index (Phi) is 4.36. The molecule has 2 aromatic rings. The number of aromatic nitrogens is 1. The number of ether oxygens (including phenoxy) is 2. The third-order valence-electron chi connectivity index (χ3n) is 2.87. The van der Waals surface area contributed by atoms with E-state index in [1.807, 2.05) is 43.3 Å². The average molecular weight is 258 g/mol. The van der Waals surface area contributed by atoms with E-state index in [0.717, 1.165) is 11.3 Å². The van der Waals surface area contributed by atoms with Gasteiger partial charge in [-0.15, -0.1) is 0 Å². The molecule has 0 saturated carbocycles. The molecule has 1 aromatic heterocycles. The Morgan fingerprint density at radius 3 is 2.68 bits per heavy atom. The molecule has 0 radical (unpaired) electrons. The summed E-state index contributed by atoms with van der Waals surface area (Å²) in [5.74, 6) is 1.38. The molecule has 0 spiro atoms. The molecule has 4 heteroatoms. The van der Waals surface area contributed by atoms with Gasteiger partial charge in [0.15, 0.2) is 11.5 Å². The summed E-state index contributed by atoms with van der Waals surface area (Å²) in [6.07, 6.45) is 1.60. The molecule has 1 aromatic carbocycles. The Morgan fingerprint density at radius 1 is 1.21 bits per heavy atom. The summed E-state index contributed by atoms with van der Waals surface area (Å²) in [5.41, 5.74) is 7.52. The molecule has 0 aliphatic carbocycles. The Hall–Kier alpha value is -2.07. The lowest BCUT2D eigenvalue weighted by molar-refractivity contribution is 0.211. The van der Waals surface area contributed by atoms with Gasteiger partial charge in [0.05, 0.1) is 12.8 Å². The summed E-state index contributed by atoms with van der Waals surface area (Å²) in [6, 6.07) is 11.4. The third kappa shape index (κ3) is 3.23. The fraction of sp³-hybridized carbons (Fsp3) is 0.267. The van der Waals surface area contributed by atoms with E-state index in [1.54, 1.807) is 13.3 Å². The van der Waals surface area contributed by atoms with Crippen LogP contribution in [0.15, 0.2) is 42.6 Å². The van der Waals surface area contributed by atoms with Crippen molar-refractivity contribution in [2.24, 2.45) is 5.73 Å². The number of nitrogens with zero attached hydrogens (tertiary/aromatic N) is 1. The SMILES string of the molecule is COc1ccc(CN)cc1OC(C)c1ccccn1. The Balaban J connectivity index is 2.22. The molecule has 4 nitrogen and oxygen atoms in total. The fourth-order valence-electron chi connectivity index (χ4n) is 1.81.